The highest BCUT2D eigenvalue weighted by Gasteiger charge is 2.20. The van der Waals surface area contributed by atoms with Crippen molar-refractivity contribution >= 4 is 35.7 Å². The average molecular weight is 531 g/mol. The van der Waals surface area contributed by atoms with E-state index in [1.165, 1.54) is 0 Å². The predicted octanol–water partition coefficient (Wildman–Crippen LogP) is -3.10. The van der Waals surface area contributed by atoms with Gasteiger partial charge in [0, 0.05) is 19.4 Å². The van der Waals surface area contributed by atoms with Crippen LogP contribution in [0.25, 0.3) is 0 Å². The first-order chi connectivity index (χ1) is 16.4. The van der Waals surface area contributed by atoms with Crippen molar-refractivity contribution in [3.05, 3.63) is 0 Å². The van der Waals surface area contributed by atoms with Crippen LogP contribution >= 0.6 is 0 Å². The van der Waals surface area contributed by atoms with Gasteiger partial charge in [-0.3, -0.25) is 29.0 Å². The number of aliphatic hydroxyl groups is 2. The summed E-state index contributed by atoms with van der Waals surface area (Å²) in [5, 5.41) is 48.8. The fourth-order valence-corrected chi connectivity index (χ4v) is 1.23. The lowest BCUT2D eigenvalue weighted by Gasteiger charge is -2.12. The Balaban J connectivity index is -0.000000119. The molecule has 17 heteroatoms. The van der Waals surface area contributed by atoms with Gasteiger partial charge in [-0.25, -0.2) is 0 Å². The van der Waals surface area contributed by atoms with Gasteiger partial charge >= 0.3 is 23.9 Å². The van der Waals surface area contributed by atoms with Crippen molar-refractivity contribution in [1.82, 2.24) is 0 Å². The average Bonchev–Trinajstić information content (AvgIpc) is 2.73. The molecule has 0 aliphatic heterocycles. The Morgan fingerprint density at radius 3 is 1.44 bits per heavy atom. The molecule has 0 saturated heterocycles. The number of aliphatic imine (C=N–C) groups is 1. The van der Waals surface area contributed by atoms with Gasteiger partial charge in [0.15, 0.2) is 5.96 Å². The Labute approximate surface area is 208 Å². The molecule has 0 rings (SSSR count). The molecule has 2 atom stereocenters. The first-order valence-corrected chi connectivity index (χ1v) is 10.4. The smallest absolute Gasteiger partial charge is 0.323 e. The van der Waals surface area contributed by atoms with Gasteiger partial charge in [-0.1, -0.05) is 20.8 Å². The van der Waals surface area contributed by atoms with Crippen LogP contribution in [-0.4, -0.2) is 98.2 Å². The fourth-order valence-electron chi connectivity index (χ4n) is 1.23. The molecule has 214 valence electrons. The van der Waals surface area contributed by atoms with Gasteiger partial charge in [-0.2, -0.15) is 0 Å². The van der Waals surface area contributed by atoms with Crippen molar-refractivity contribution in [2.75, 3.05) is 19.7 Å². The molecule has 36 heavy (non-hydrogen) atoms. The lowest BCUT2D eigenvalue weighted by molar-refractivity contribution is -0.141. The van der Waals surface area contributed by atoms with Crippen molar-refractivity contribution in [3.8, 4) is 0 Å². The molecule has 0 aromatic heterocycles. The van der Waals surface area contributed by atoms with E-state index in [1.807, 2.05) is 20.8 Å². The molecule has 17 nitrogen and oxygen atoms in total. The first kappa shape index (κ1) is 42.6. The van der Waals surface area contributed by atoms with Crippen molar-refractivity contribution in [1.29, 1.82) is 0 Å². The minimum atomic E-state index is -1.30. The minimum Gasteiger partial charge on any atom is -0.481 e. The third-order valence-corrected chi connectivity index (χ3v) is 2.80. The zero-order chi connectivity index (χ0) is 29.9. The van der Waals surface area contributed by atoms with Crippen LogP contribution in [0.1, 0.15) is 46.5 Å². The highest BCUT2D eigenvalue weighted by molar-refractivity contribution is 5.76. The van der Waals surface area contributed by atoms with E-state index in [2.05, 4.69) is 16.5 Å². The molecular weight excluding hydrogens is 488 g/mol. The monoisotopic (exact) mass is 530 g/mol. The molecule has 0 aromatic rings. The second kappa shape index (κ2) is 29.5. The normalized spacial score (nSPS) is 10.6. The second-order valence-corrected chi connectivity index (χ2v) is 6.88. The molecule has 0 fully saturated rings. The van der Waals surface area contributed by atoms with Crippen molar-refractivity contribution < 1.29 is 54.6 Å². The zero-order valence-electron chi connectivity index (χ0n) is 20.7. The number of nitrogens with zero attached hydrogens (tertiary/aromatic N) is 1. The number of hydrogen-bond acceptors (Lipinski definition) is 10. The summed E-state index contributed by atoms with van der Waals surface area (Å²) in [7, 11) is 0. The van der Waals surface area contributed by atoms with Gasteiger partial charge in [0.1, 0.15) is 12.6 Å². The standard InChI is InChI=1S/C6H14N4O3.C5H10O2.C4H8O2.2C2H5NO2/c7-4(5(12)13)3(11)1-2-10-6(8)9;1-4(2)3-5(6)7;1-2-3-4(5)6;3-2(5)1-4;3-1-2(4)5/h3-4,11H,1-2,7H2,(H,12,13)(H4,8,9,10);4H,3H2,1-2H3,(H,6,7);2-3H2,1H3,(H,5,6);4H,1H2,(H2,3,5);1,3H2,(H,4,5)/t3?,4-;;;;/m0..../s1. The number of hydrogen-bond donors (Lipinski definition) is 11. The Hall–Kier alpha value is -3.54. The van der Waals surface area contributed by atoms with Gasteiger partial charge in [0.05, 0.1) is 12.6 Å². The van der Waals surface area contributed by atoms with Gasteiger partial charge in [0.2, 0.25) is 5.91 Å². The summed E-state index contributed by atoms with van der Waals surface area (Å²) in [6.45, 7) is 4.93. The number of nitrogens with two attached hydrogens (primary N) is 5. The zero-order valence-corrected chi connectivity index (χ0v) is 20.7. The minimum absolute atomic E-state index is 0.101. The molecule has 0 aliphatic rings. The number of amides is 1. The van der Waals surface area contributed by atoms with Gasteiger partial charge in [-0.05, 0) is 18.8 Å². The number of rotatable bonds is 11. The number of aliphatic hydroxyl groups excluding tert-OH is 2. The molecule has 0 bridgehead atoms. The number of carboxylic acid groups (broad SMARTS) is 4. The van der Waals surface area contributed by atoms with Crippen molar-refractivity contribution in [2.24, 2.45) is 39.6 Å². The highest BCUT2D eigenvalue weighted by atomic mass is 16.4. The SMILES string of the molecule is CC(C)CC(=O)O.CCCC(=O)O.NC(=O)CO.NC(N)=NCCC(O)[C@H](N)C(=O)O.NCC(=O)O. The first-order valence-electron chi connectivity index (χ1n) is 10.4. The fraction of sp³-hybridized carbons (Fsp3) is 0.684. The van der Waals surface area contributed by atoms with E-state index in [-0.39, 0.29) is 37.8 Å². The summed E-state index contributed by atoms with van der Waals surface area (Å²) in [5.74, 6) is -4.16. The second-order valence-electron chi connectivity index (χ2n) is 6.88. The number of aliphatic carboxylic acids is 4. The van der Waals surface area contributed by atoms with Crippen LogP contribution in [0.3, 0.4) is 0 Å². The lowest BCUT2D eigenvalue weighted by atomic mass is 10.1. The third kappa shape index (κ3) is 57.4. The topological polar surface area (TPSA) is 349 Å². The molecule has 1 unspecified atom stereocenters. The third-order valence-electron chi connectivity index (χ3n) is 2.80. The van der Waals surface area contributed by atoms with Crippen LogP contribution < -0.4 is 28.7 Å². The van der Waals surface area contributed by atoms with Crippen molar-refractivity contribution in [3.63, 3.8) is 0 Å². The Morgan fingerprint density at radius 1 is 0.889 bits per heavy atom. The van der Waals surface area contributed by atoms with Gasteiger partial charge in [-0.15, -0.1) is 0 Å². The molecule has 1 amide bonds. The van der Waals surface area contributed by atoms with Gasteiger partial charge < -0.3 is 59.3 Å². The quantitative estimate of drug-likeness (QED) is 0.0930. The Bertz CT molecular complexity index is 627. The summed E-state index contributed by atoms with van der Waals surface area (Å²) in [4.78, 5) is 51.8. The molecule has 0 radical (unpaired) electrons. The molecule has 16 N–H and O–H groups in total. The van der Waals surface area contributed by atoms with E-state index in [4.69, 9.17) is 47.8 Å². The summed E-state index contributed by atoms with van der Waals surface area (Å²) < 4.78 is 0. The maximum atomic E-state index is 10.3. The van der Waals surface area contributed by atoms with Crippen LogP contribution in [0.5, 0.6) is 0 Å². The van der Waals surface area contributed by atoms with E-state index in [0.717, 1.165) is 6.42 Å². The van der Waals surface area contributed by atoms with E-state index in [1.54, 1.807) is 0 Å². The largest absolute Gasteiger partial charge is 0.481 e. The maximum absolute atomic E-state index is 10.3. The van der Waals surface area contributed by atoms with E-state index >= 15 is 0 Å². The van der Waals surface area contributed by atoms with E-state index < -0.39 is 48.5 Å². The summed E-state index contributed by atoms with van der Waals surface area (Å²) in [5.41, 5.74) is 24.1. The van der Waals surface area contributed by atoms with Gasteiger partial charge in [0.25, 0.3) is 0 Å². The molecule has 0 heterocycles. The number of primary amides is 1. The highest BCUT2D eigenvalue weighted by Crippen LogP contribution is 1.97. The Morgan fingerprint density at radius 2 is 1.31 bits per heavy atom. The molecule has 0 saturated carbocycles. The summed E-state index contributed by atoms with van der Waals surface area (Å²) in [6.07, 6.45) is 0.279. The van der Waals surface area contributed by atoms with Crippen molar-refractivity contribution in [2.45, 2.75) is 58.6 Å². The van der Waals surface area contributed by atoms with E-state index in [0.29, 0.717) is 6.42 Å². The maximum Gasteiger partial charge on any atom is 0.323 e. The number of carbonyl (C=O) groups is 5. The van der Waals surface area contributed by atoms with Crippen LogP contribution in [0.4, 0.5) is 0 Å². The molecule has 0 aromatic carbocycles. The number of guanidine groups is 1. The molecular formula is C19H42N6O11. The Kier molecular flexibility index (Phi) is 34.9. The summed E-state index contributed by atoms with van der Waals surface area (Å²) >= 11 is 0. The molecule has 0 spiro atoms. The van der Waals surface area contributed by atoms with E-state index in [9.17, 15) is 24.0 Å². The van der Waals surface area contributed by atoms with Crippen LogP contribution in [-0.2, 0) is 24.0 Å². The molecule has 0 aliphatic carbocycles. The number of carboxylic acids is 4. The lowest BCUT2D eigenvalue weighted by Crippen LogP contribution is -2.42. The summed E-state index contributed by atoms with van der Waals surface area (Å²) in [6, 6.07) is -1.30. The van der Waals surface area contributed by atoms with Crippen LogP contribution in [0.15, 0.2) is 4.99 Å². The van der Waals surface area contributed by atoms with Crippen LogP contribution in [0, 0.1) is 5.92 Å². The number of carbonyl (C=O) groups excluding carboxylic acids is 1. The van der Waals surface area contributed by atoms with Crippen LogP contribution in [0.2, 0.25) is 0 Å². The predicted molar refractivity (Wildman–Crippen MR) is 130 cm³/mol.